The summed E-state index contributed by atoms with van der Waals surface area (Å²) in [6, 6.07) is 0. The van der Waals surface area contributed by atoms with E-state index in [0.717, 1.165) is 0 Å². The van der Waals surface area contributed by atoms with Crippen LogP contribution in [0.3, 0.4) is 0 Å². The van der Waals surface area contributed by atoms with E-state index in [1.165, 1.54) is 0 Å². The van der Waals surface area contributed by atoms with E-state index in [2.05, 4.69) is 0 Å². The van der Waals surface area contributed by atoms with Crippen LogP contribution in [-0.4, -0.2) is 56.8 Å². The Bertz CT molecular complexity index is 178. The monoisotopic (exact) mass is 208 g/mol. The molecule has 0 radical (unpaired) electrons. The lowest BCUT2D eigenvalue weighted by Crippen LogP contribution is -2.15. The number of hydrogen-bond donors (Lipinski definition) is 5. The molecule has 7 nitrogen and oxygen atoms in total. The summed E-state index contributed by atoms with van der Waals surface area (Å²) in [5.41, 5.74) is 0. The van der Waals surface area contributed by atoms with Crippen LogP contribution < -0.4 is 0 Å². The van der Waals surface area contributed by atoms with Gasteiger partial charge in [0, 0.05) is 12.2 Å². The molecule has 14 heavy (non-hydrogen) atoms. The van der Waals surface area contributed by atoms with E-state index in [1.807, 2.05) is 0 Å². The number of aliphatic hydroxyl groups is 3. The van der Waals surface area contributed by atoms with Crippen molar-refractivity contribution in [3.63, 3.8) is 0 Å². The van der Waals surface area contributed by atoms with Crippen molar-refractivity contribution in [2.24, 2.45) is 0 Å². The zero-order chi connectivity index (χ0) is 11.6. The molecule has 0 aliphatic rings. The standard InChI is InChI=1S/C4H4O4.C3H8O3/c5-3(6)1-2-4(7)8;4-1-3(6)2-5/h1-2H,(H,5,6)(H,7,8);3-6H,1-2H2/b2-1+;. The zero-order valence-electron chi connectivity index (χ0n) is 7.20. The summed E-state index contributed by atoms with van der Waals surface area (Å²) in [4.78, 5) is 19.1. The molecule has 0 aromatic carbocycles. The van der Waals surface area contributed by atoms with Crippen LogP contribution in [0.4, 0.5) is 0 Å². The summed E-state index contributed by atoms with van der Waals surface area (Å²) < 4.78 is 0. The van der Waals surface area contributed by atoms with Gasteiger partial charge in [-0.05, 0) is 0 Å². The second-order valence-corrected chi connectivity index (χ2v) is 2.03. The van der Waals surface area contributed by atoms with Gasteiger partial charge in [0.2, 0.25) is 0 Å². The normalized spacial score (nSPS) is 9.71. The van der Waals surface area contributed by atoms with Gasteiger partial charge in [-0.3, -0.25) is 0 Å². The van der Waals surface area contributed by atoms with Gasteiger partial charge in [-0.15, -0.1) is 0 Å². The van der Waals surface area contributed by atoms with E-state index in [0.29, 0.717) is 12.2 Å². The SMILES string of the molecule is O=C(O)/C=C/C(=O)O.OCC(O)CO. The molecule has 82 valence electrons. The highest BCUT2D eigenvalue weighted by Crippen LogP contribution is 1.71. The van der Waals surface area contributed by atoms with Gasteiger partial charge in [-0.1, -0.05) is 0 Å². The molecule has 5 N–H and O–H groups in total. The largest absolute Gasteiger partial charge is 0.478 e. The first-order chi connectivity index (χ1) is 6.43. The van der Waals surface area contributed by atoms with E-state index in [1.54, 1.807) is 0 Å². The molecular formula is C7H12O7. The third kappa shape index (κ3) is 16.9. The predicted molar refractivity (Wildman–Crippen MR) is 44.6 cm³/mol. The lowest BCUT2D eigenvalue weighted by atomic mass is 10.4. The molecule has 0 unspecified atom stereocenters. The van der Waals surface area contributed by atoms with Crippen LogP contribution in [0.15, 0.2) is 12.2 Å². The van der Waals surface area contributed by atoms with Gasteiger partial charge in [0.05, 0.1) is 13.2 Å². The smallest absolute Gasteiger partial charge is 0.328 e. The average Bonchev–Trinajstić information content (AvgIpc) is 2.14. The maximum Gasteiger partial charge on any atom is 0.328 e. The fourth-order valence-corrected chi connectivity index (χ4v) is 0.200. The molecule has 0 spiro atoms. The molecule has 7 heteroatoms. The van der Waals surface area contributed by atoms with Gasteiger partial charge >= 0.3 is 11.9 Å². The Morgan fingerprint density at radius 1 is 1.00 bits per heavy atom. The van der Waals surface area contributed by atoms with E-state index >= 15 is 0 Å². The summed E-state index contributed by atoms with van der Waals surface area (Å²) in [7, 11) is 0. The van der Waals surface area contributed by atoms with Gasteiger partial charge < -0.3 is 25.5 Å². The minimum absolute atomic E-state index is 0.365. The van der Waals surface area contributed by atoms with Gasteiger partial charge in [0.1, 0.15) is 6.10 Å². The molecule has 0 aromatic rings. The van der Waals surface area contributed by atoms with Crippen molar-refractivity contribution in [3.8, 4) is 0 Å². The van der Waals surface area contributed by atoms with Crippen molar-refractivity contribution < 1.29 is 35.1 Å². The molecule has 0 aliphatic heterocycles. The third-order valence-corrected chi connectivity index (χ3v) is 0.790. The second-order valence-electron chi connectivity index (χ2n) is 2.03. The van der Waals surface area contributed by atoms with Crippen LogP contribution >= 0.6 is 0 Å². The Morgan fingerprint density at radius 2 is 1.29 bits per heavy atom. The Kier molecular flexibility index (Phi) is 10.4. The fraction of sp³-hybridized carbons (Fsp3) is 0.429. The first-order valence-electron chi connectivity index (χ1n) is 3.47. The molecule has 0 aliphatic carbocycles. The lowest BCUT2D eigenvalue weighted by Gasteiger charge is -1.96. The van der Waals surface area contributed by atoms with Crippen LogP contribution in [0.25, 0.3) is 0 Å². The van der Waals surface area contributed by atoms with Crippen molar-refractivity contribution in [3.05, 3.63) is 12.2 Å². The van der Waals surface area contributed by atoms with Gasteiger partial charge in [-0.2, -0.15) is 0 Å². The number of aliphatic hydroxyl groups excluding tert-OH is 3. The first kappa shape index (κ1) is 15.1. The third-order valence-electron chi connectivity index (χ3n) is 0.790. The second kappa shape index (κ2) is 9.65. The van der Waals surface area contributed by atoms with E-state index < -0.39 is 18.0 Å². The summed E-state index contributed by atoms with van der Waals surface area (Å²) in [6.07, 6.45) is 0.162. The van der Waals surface area contributed by atoms with Crippen molar-refractivity contribution >= 4 is 11.9 Å². The minimum atomic E-state index is -1.26. The summed E-state index contributed by atoms with van der Waals surface area (Å²) in [6.45, 7) is -0.729. The number of carboxylic acids is 2. The van der Waals surface area contributed by atoms with E-state index in [-0.39, 0.29) is 13.2 Å². The highest BCUT2D eigenvalue weighted by Gasteiger charge is 1.93. The molecule has 0 aromatic heterocycles. The Balaban J connectivity index is 0. The van der Waals surface area contributed by atoms with Gasteiger partial charge in [0.25, 0.3) is 0 Å². The van der Waals surface area contributed by atoms with E-state index in [4.69, 9.17) is 25.5 Å². The molecule has 0 atom stereocenters. The first-order valence-corrected chi connectivity index (χ1v) is 3.47. The summed E-state index contributed by atoms with van der Waals surface area (Å²) in [5, 5.41) is 39.6. The molecular weight excluding hydrogens is 196 g/mol. The zero-order valence-corrected chi connectivity index (χ0v) is 7.20. The van der Waals surface area contributed by atoms with Crippen LogP contribution in [0.2, 0.25) is 0 Å². The Hall–Kier alpha value is -1.44. The van der Waals surface area contributed by atoms with Crippen LogP contribution in [-0.2, 0) is 9.59 Å². The highest BCUT2D eigenvalue weighted by molar-refractivity contribution is 5.89. The molecule has 0 bridgehead atoms. The minimum Gasteiger partial charge on any atom is -0.478 e. The Morgan fingerprint density at radius 3 is 1.36 bits per heavy atom. The average molecular weight is 208 g/mol. The fourth-order valence-electron chi connectivity index (χ4n) is 0.200. The molecule has 0 rings (SSSR count). The van der Waals surface area contributed by atoms with Crippen LogP contribution in [0, 0.1) is 0 Å². The quantitative estimate of drug-likeness (QED) is 0.338. The molecule has 0 fully saturated rings. The van der Waals surface area contributed by atoms with Crippen LogP contribution in [0.1, 0.15) is 0 Å². The molecule has 0 saturated heterocycles. The maximum atomic E-state index is 9.55. The molecule has 0 amide bonds. The summed E-state index contributed by atoms with van der Waals surface area (Å²) in [5.74, 6) is -2.51. The topological polar surface area (TPSA) is 135 Å². The highest BCUT2D eigenvalue weighted by atomic mass is 16.4. The van der Waals surface area contributed by atoms with Crippen molar-refractivity contribution in [1.82, 2.24) is 0 Å². The predicted octanol–water partition coefficient (Wildman–Crippen LogP) is -1.96. The number of hydrogen-bond acceptors (Lipinski definition) is 5. The van der Waals surface area contributed by atoms with E-state index in [9.17, 15) is 9.59 Å². The number of rotatable bonds is 4. The summed E-state index contributed by atoms with van der Waals surface area (Å²) >= 11 is 0. The molecule has 0 saturated carbocycles. The van der Waals surface area contributed by atoms with Gasteiger partial charge in [0.15, 0.2) is 0 Å². The van der Waals surface area contributed by atoms with Crippen molar-refractivity contribution in [2.45, 2.75) is 6.10 Å². The number of carboxylic acid groups (broad SMARTS) is 2. The van der Waals surface area contributed by atoms with Crippen molar-refractivity contribution in [2.75, 3.05) is 13.2 Å². The van der Waals surface area contributed by atoms with Crippen molar-refractivity contribution in [1.29, 1.82) is 0 Å². The molecule has 0 heterocycles. The number of carbonyl (C=O) groups is 2. The Labute approximate surface area is 79.5 Å². The number of aliphatic carboxylic acids is 2. The maximum absolute atomic E-state index is 9.55. The van der Waals surface area contributed by atoms with Gasteiger partial charge in [-0.25, -0.2) is 9.59 Å². The lowest BCUT2D eigenvalue weighted by molar-refractivity contribution is -0.134. The van der Waals surface area contributed by atoms with Crippen LogP contribution in [0.5, 0.6) is 0 Å².